The highest BCUT2D eigenvalue weighted by molar-refractivity contribution is 6.07. The van der Waals surface area contributed by atoms with E-state index in [0.717, 1.165) is 11.6 Å². The van der Waals surface area contributed by atoms with Gasteiger partial charge in [0.05, 0.1) is 16.9 Å². The highest BCUT2D eigenvalue weighted by Crippen LogP contribution is 2.27. The zero-order valence-corrected chi connectivity index (χ0v) is 18.8. The predicted octanol–water partition coefficient (Wildman–Crippen LogP) is 3.83. The van der Waals surface area contributed by atoms with E-state index in [2.05, 4.69) is 46.2 Å². The van der Waals surface area contributed by atoms with Crippen molar-refractivity contribution in [3.8, 4) is 11.3 Å². The van der Waals surface area contributed by atoms with Crippen molar-refractivity contribution in [3.63, 3.8) is 0 Å². The van der Waals surface area contributed by atoms with E-state index in [-0.39, 0.29) is 0 Å². The van der Waals surface area contributed by atoms with E-state index in [0.29, 0.717) is 34.3 Å². The fourth-order valence-corrected chi connectivity index (χ4v) is 3.58. The zero-order chi connectivity index (χ0) is 23.8. The van der Waals surface area contributed by atoms with Gasteiger partial charge in [0, 0.05) is 23.2 Å². The number of aldehydes is 1. The molecule has 8 heteroatoms. The molecule has 172 valence electrons. The SMILES string of the molecule is C=C(F)C(=O)Nc1ccnc2ccc(-c3cccc(C=O)n3)cc12.CNC1CCN(C)CC1. The molecule has 33 heavy (non-hydrogen) atoms. The average Bonchev–Trinajstić information content (AvgIpc) is 2.85. The summed E-state index contributed by atoms with van der Waals surface area (Å²) in [6.45, 7) is 5.49. The molecule has 3 heterocycles. The minimum atomic E-state index is -1.07. The predicted molar refractivity (Wildman–Crippen MR) is 129 cm³/mol. The summed E-state index contributed by atoms with van der Waals surface area (Å²) in [5.74, 6) is -1.98. The number of nitrogens with zero attached hydrogens (tertiary/aromatic N) is 3. The van der Waals surface area contributed by atoms with E-state index in [1.54, 1.807) is 36.4 Å². The van der Waals surface area contributed by atoms with Gasteiger partial charge in [-0.1, -0.05) is 18.7 Å². The summed E-state index contributed by atoms with van der Waals surface area (Å²) in [5.41, 5.74) is 2.72. The molecule has 0 spiro atoms. The number of anilines is 1. The molecule has 1 saturated heterocycles. The number of pyridine rings is 2. The van der Waals surface area contributed by atoms with Crippen LogP contribution in [0.1, 0.15) is 23.3 Å². The lowest BCUT2D eigenvalue weighted by molar-refractivity contribution is -0.114. The van der Waals surface area contributed by atoms with Crippen molar-refractivity contribution in [2.24, 2.45) is 0 Å². The van der Waals surface area contributed by atoms with Crippen molar-refractivity contribution in [3.05, 3.63) is 66.8 Å². The molecule has 0 atom stereocenters. The quantitative estimate of drug-likeness (QED) is 0.455. The van der Waals surface area contributed by atoms with E-state index in [1.807, 2.05) is 6.07 Å². The number of likely N-dealkylation sites (tertiary alicyclic amines) is 1. The van der Waals surface area contributed by atoms with Crippen molar-refractivity contribution in [1.82, 2.24) is 20.2 Å². The zero-order valence-electron chi connectivity index (χ0n) is 18.8. The number of hydrogen-bond acceptors (Lipinski definition) is 6. The number of hydrogen-bond donors (Lipinski definition) is 2. The van der Waals surface area contributed by atoms with Crippen molar-refractivity contribution in [1.29, 1.82) is 0 Å². The number of benzene rings is 1. The van der Waals surface area contributed by atoms with Crippen LogP contribution >= 0.6 is 0 Å². The van der Waals surface area contributed by atoms with Crippen molar-refractivity contribution < 1.29 is 14.0 Å². The molecule has 1 aliphatic rings. The van der Waals surface area contributed by atoms with E-state index < -0.39 is 11.7 Å². The fraction of sp³-hybridized carbons (Fsp3) is 0.280. The Balaban J connectivity index is 0.000000286. The van der Waals surface area contributed by atoms with Gasteiger partial charge in [-0.05, 0) is 70.4 Å². The van der Waals surface area contributed by atoms with Crippen LogP contribution in [0.4, 0.5) is 10.1 Å². The van der Waals surface area contributed by atoms with Crippen molar-refractivity contribution in [2.45, 2.75) is 18.9 Å². The smallest absolute Gasteiger partial charge is 0.283 e. The van der Waals surface area contributed by atoms with Gasteiger partial charge >= 0.3 is 0 Å². The van der Waals surface area contributed by atoms with Gasteiger partial charge in [-0.25, -0.2) is 9.37 Å². The van der Waals surface area contributed by atoms with Gasteiger partial charge < -0.3 is 15.5 Å². The molecule has 7 nitrogen and oxygen atoms in total. The first kappa shape index (κ1) is 24.2. The molecule has 0 radical (unpaired) electrons. The third kappa shape index (κ3) is 6.50. The molecule has 1 amide bonds. The molecular weight excluding hydrogens is 421 g/mol. The molecule has 0 saturated carbocycles. The molecule has 1 fully saturated rings. The Hall–Kier alpha value is -3.49. The lowest BCUT2D eigenvalue weighted by atomic mass is 10.1. The second-order valence-electron chi connectivity index (χ2n) is 7.88. The molecular formula is C25H28FN5O2. The van der Waals surface area contributed by atoms with Gasteiger partial charge in [-0.15, -0.1) is 0 Å². The number of piperidine rings is 1. The minimum absolute atomic E-state index is 0.320. The summed E-state index contributed by atoms with van der Waals surface area (Å²) in [5, 5.41) is 6.38. The maximum Gasteiger partial charge on any atom is 0.283 e. The van der Waals surface area contributed by atoms with Crippen LogP contribution in [0.5, 0.6) is 0 Å². The molecule has 2 aromatic heterocycles. The molecule has 1 aromatic carbocycles. The maximum atomic E-state index is 12.9. The summed E-state index contributed by atoms with van der Waals surface area (Å²) in [7, 11) is 4.24. The normalized spacial score (nSPS) is 14.3. The molecule has 4 rings (SSSR count). The standard InChI is InChI=1S/C18H12FN3O2.C7H16N2/c1-11(19)18(24)22-17-7-8-20-16-6-5-12(9-14(16)17)15-4-2-3-13(10-23)21-15;1-8-7-3-5-9(2)6-4-7/h2-10H,1H2,(H,20,22,24);7-8H,3-6H2,1-2H3. The number of carbonyl (C=O) groups is 2. The topological polar surface area (TPSA) is 87.2 Å². The Morgan fingerprint density at radius 2 is 1.97 bits per heavy atom. The van der Waals surface area contributed by atoms with Crippen LogP contribution in [0, 0.1) is 0 Å². The van der Waals surface area contributed by atoms with Gasteiger partial charge in [-0.2, -0.15) is 0 Å². The van der Waals surface area contributed by atoms with Gasteiger partial charge in [0.15, 0.2) is 12.1 Å². The monoisotopic (exact) mass is 449 g/mol. The average molecular weight is 450 g/mol. The molecule has 1 aliphatic heterocycles. The molecule has 2 N–H and O–H groups in total. The number of rotatable bonds is 5. The lowest BCUT2D eigenvalue weighted by Crippen LogP contribution is -2.39. The number of aromatic nitrogens is 2. The third-order valence-electron chi connectivity index (χ3n) is 5.55. The van der Waals surface area contributed by atoms with Crippen molar-refractivity contribution >= 4 is 28.8 Å². The fourth-order valence-electron chi connectivity index (χ4n) is 3.58. The van der Waals surface area contributed by atoms with Crippen molar-refractivity contribution in [2.75, 3.05) is 32.5 Å². The van der Waals surface area contributed by atoms with Crippen LogP contribution in [-0.4, -0.2) is 60.3 Å². The molecule has 0 aliphatic carbocycles. The first-order chi connectivity index (χ1) is 15.9. The summed E-state index contributed by atoms with van der Waals surface area (Å²) < 4.78 is 12.9. The van der Waals surface area contributed by atoms with Gasteiger partial charge in [0.25, 0.3) is 5.91 Å². The van der Waals surface area contributed by atoms with Crippen LogP contribution in [0.3, 0.4) is 0 Å². The van der Waals surface area contributed by atoms with Crippen LogP contribution in [-0.2, 0) is 4.79 Å². The largest absolute Gasteiger partial charge is 0.319 e. The summed E-state index contributed by atoms with van der Waals surface area (Å²) in [4.78, 5) is 33.3. The molecule has 0 bridgehead atoms. The van der Waals surface area contributed by atoms with E-state index in [9.17, 15) is 14.0 Å². The number of carbonyl (C=O) groups excluding carboxylic acids is 2. The second kappa shape index (κ2) is 11.4. The number of amides is 1. The summed E-state index contributed by atoms with van der Waals surface area (Å²) in [6.07, 6.45) is 4.81. The van der Waals surface area contributed by atoms with Crippen LogP contribution < -0.4 is 10.6 Å². The highest BCUT2D eigenvalue weighted by Gasteiger charge is 2.13. The number of fused-ring (bicyclic) bond motifs is 1. The van der Waals surface area contributed by atoms with Crippen LogP contribution in [0.25, 0.3) is 22.2 Å². The lowest BCUT2D eigenvalue weighted by Gasteiger charge is -2.28. The van der Waals surface area contributed by atoms with E-state index >= 15 is 0 Å². The first-order valence-corrected chi connectivity index (χ1v) is 10.7. The number of nitrogens with one attached hydrogen (secondary N) is 2. The Morgan fingerprint density at radius 1 is 1.21 bits per heavy atom. The molecule has 0 unspecified atom stereocenters. The summed E-state index contributed by atoms with van der Waals surface area (Å²) >= 11 is 0. The number of halogens is 1. The summed E-state index contributed by atoms with van der Waals surface area (Å²) in [6, 6.07) is 12.8. The van der Waals surface area contributed by atoms with Crippen LogP contribution in [0.2, 0.25) is 0 Å². The second-order valence-corrected chi connectivity index (χ2v) is 7.88. The van der Waals surface area contributed by atoms with Gasteiger partial charge in [-0.3, -0.25) is 14.6 Å². The van der Waals surface area contributed by atoms with E-state index in [4.69, 9.17) is 0 Å². The Labute approximate surface area is 192 Å². The Morgan fingerprint density at radius 3 is 2.64 bits per heavy atom. The van der Waals surface area contributed by atoms with Crippen LogP contribution in [0.15, 0.2) is 61.1 Å². The molecule has 3 aromatic rings. The minimum Gasteiger partial charge on any atom is -0.319 e. The first-order valence-electron chi connectivity index (χ1n) is 10.7. The van der Waals surface area contributed by atoms with Gasteiger partial charge in [0.2, 0.25) is 0 Å². The van der Waals surface area contributed by atoms with E-state index in [1.165, 1.54) is 32.1 Å². The van der Waals surface area contributed by atoms with Gasteiger partial charge in [0.1, 0.15) is 5.69 Å². The maximum absolute atomic E-state index is 12.9. The highest BCUT2D eigenvalue weighted by atomic mass is 19.1. The Kier molecular flexibility index (Phi) is 8.34. The third-order valence-corrected chi connectivity index (χ3v) is 5.55. The Bertz CT molecular complexity index is 1140.